The summed E-state index contributed by atoms with van der Waals surface area (Å²) in [5.41, 5.74) is 0.873. The molecule has 2 N–H and O–H groups in total. The number of para-hydroxylation sites is 1. The van der Waals surface area contributed by atoms with Gasteiger partial charge in [0.1, 0.15) is 5.75 Å². The van der Waals surface area contributed by atoms with Gasteiger partial charge in [0.25, 0.3) is 0 Å². The Labute approximate surface area is 119 Å². The molecule has 0 spiro atoms. The van der Waals surface area contributed by atoms with Crippen molar-refractivity contribution in [1.82, 2.24) is 10.2 Å². The maximum atomic E-state index is 9.85. The number of thiocarbonyl (C=S) groups is 1. The van der Waals surface area contributed by atoms with Gasteiger partial charge in [0.15, 0.2) is 5.11 Å². The van der Waals surface area contributed by atoms with Crippen molar-refractivity contribution in [2.45, 2.75) is 25.5 Å². The van der Waals surface area contributed by atoms with E-state index in [-0.39, 0.29) is 6.10 Å². The van der Waals surface area contributed by atoms with Gasteiger partial charge in [0.05, 0.1) is 6.10 Å². The van der Waals surface area contributed by atoms with Crippen LogP contribution in [0.3, 0.4) is 0 Å². The highest BCUT2D eigenvalue weighted by atomic mass is 32.1. The molecule has 19 heavy (non-hydrogen) atoms. The second-order valence-electron chi connectivity index (χ2n) is 4.70. The molecule has 0 amide bonds. The van der Waals surface area contributed by atoms with Gasteiger partial charge in [-0.1, -0.05) is 18.2 Å². The van der Waals surface area contributed by atoms with E-state index in [0.29, 0.717) is 17.4 Å². The largest absolute Gasteiger partial charge is 0.508 e. The lowest BCUT2D eigenvalue weighted by Crippen LogP contribution is -2.41. The summed E-state index contributed by atoms with van der Waals surface area (Å²) in [6.45, 7) is 2.18. The van der Waals surface area contributed by atoms with Gasteiger partial charge in [-0.2, -0.15) is 0 Å². The van der Waals surface area contributed by atoms with Crippen LogP contribution in [0.25, 0.3) is 0 Å². The average molecular weight is 280 g/mol. The topological polar surface area (TPSA) is 44.7 Å². The molecular weight excluding hydrogens is 260 g/mol. The first kappa shape index (κ1) is 14.1. The predicted octanol–water partition coefficient (Wildman–Crippen LogP) is 1.88. The molecule has 1 aromatic rings. The molecule has 1 atom stereocenters. The van der Waals surface area contributed by atoms with E-state index in [2.05, 4.69) is 5.32 Å². The highest BCUT2D eigenvalue weighted by molar-refractivity contribution is 7.80. The molecule has 1 aromatic carbocycles. The van der Waals surface area contributed by atoms with Crippen molar-refractivity contribution in [3.8, 4) is 5.75 Å². The molecule has 1 aliphatic heterocycles. The molecule has 1 fully saturated rings. The van der Waals surface area contributed by atoms with Crippen molar-refractivity contribution < 1.29 is 9.84 Å². The average Bonchev–Trinajstić information content (AvgIpc) is 2.92. The minimum absolute atomic E-state index is 0.233. The van der Waals surface area contributed by atoms with Gasteiger partial charge in [-0.05, 0) is 31.1 Å². The van der Waals surface area contributed by atoms with Gasteiger partial charge in [-0.15, -0.1) is 0 Å². The molecule has 0 aliphatic carbocycles. The Balaban J connectivity index is 2.05. The van der Waals surface area contributed by atoms with Crippen molar-refractivity contribution in [2.24, 2.45) is 0 Å². The number of nitrogens with one attached hydrogen (secondary N) is 1. The van der Waals surface area contributed by atoms with Gasteiger partial charge in [-0.3, -0.25) is 0 Å². The Morgan fingerprint density at radius 3 is 2.95 bits per heavy atom. The van der Waals surface area contributed by atoms with Crippen molar-refractivity contribution in [1.29, 1.82) is 0 Å². The van der Waals surface area contributed by atoms with Crippen LogP contribution in [0.5, 0.6) is 5.75 Å². The van der Waals surface area contributed by atoms with Crippen LogP contribution in [0.2, 0.25) is 0 Å². The summed E-state index contributed by atoms with van der Waals surface area (Å²) in [5, 5.41) is 13.5. The zero-order chi connectivity index (χ0) is 13.7. The number of ether oxygens (including phenoxy) is 1. The minimum Gasteiger partial charge on any atom is -0.508 e. The van der Waals surface area contributed by atoms with E-state index in [1.165, 1.54) is 0 Å². The van der Waals surface area contributed by atoms with E-state index in [0.717, 1.165) is 31.6 Å². The van der Waals surface area contributed by atoms with Gasteiger partial charge in [0.2, 0.25) is 0 Å². The Morgan fingerprint density at radius 1 is 1.53 bits per heavy atom. The van der Waals surface area contributed by atoms with Gasteiger partial charge in [-0.25, -0.2) is 0 Å². The maximum Gasteiger partial charge on any atom is 0.169 e. The minimum atomic E-state index is 0.233. The first-order chi connectivity index (χ1) is 9.20. The van der Waals surface area contributed by atoms with Crippen LogP contribution < -0.4 is 5.32 Å². The predicted molar refractivity (Wildman–Crippen MR) is 79.1 cm³/mol. The first-order valence-electron chi connectivity index (χ1n) is 6.56. The monoisotopic (exact) mass is 280 g/mol. The molecule has 0 saturated carbocycles. The van der Waals surface area contributed by atoms with Crippen molar-refractivity contribution in [3.63, 3.8) is 0 Å². The number of benzene rings is 1. The number of phenols is 1. The molecule has 5 heteroatoms. The fourth-order valence-corrected chi connectivity index (χ4v) is 2.40. The molecule has 1 aliphatic rings. The fourth-order valence-electron chi connectivity index (χ4n) is 2.26. The van der Waals surface area contributed by atoms with E-state index < -0.39 is 0 Å². The van der Waals surface area contributed by atoms with Gasteiger partial charge < -0.3 is 20.1 Å². The van der Waals surface area contributed by atoms with E-state index in [9.17, 15) is 5.11 Å². The molecule has 0 radical (unpaired) electrons. The number of nitrogens with zero attached hydrogens (tertiary/aromatic N) is 1. The van der Waals surface area contributed by atoms with Crippen LogP contribution in [0.1, 0.15) is 18.4 Å². The lowest BCUT2D eigenvalue weighted by Gasteiger charge is -2.27. The summed E-state index contributed by atoms with van der Waals surface area (Å²) in [6, 6.07) is 7.35. The molecule has 1 heterocycles. The maximum absolute atomic E-state index is 9.85. The fraction of sp³-hybridized carbons (Fsp3) is 0.500. The standard InChI is InChI=1S/C14H20N2O2S/c1-15-14(19)16(10-12-6-4-8-18-12)9-11-5-2-3-7-13(11)17/h2-3,5,7,12,17H,4,6,8-10H2,1H3,(H,15,19)/t12-/m1/s1. The summed E-state index contributed by atoms with van der Waals surface area (Å²) in [5.74, 6) is 0.304. The molecule has 4 nitrogen and oxygen atoms in total. The Hall–Kier alpha value is -1.33. The number of hydrogen-bond acceptors (Lipinski definition) is 3. The van der Waals surface area contributed by atoms with Crippen LogP contribution in [-0.2, 0) is 11.3 Å². The number of phenolic OH excluding ortho intramolecular Hbond substituents is 1. The Bertz CT molecular complexity index is 433. The third-order valence-corrected chi connectivity index (χ3v) is 3.76. The zero-order valence-electron chi connectivity index (χ0n) is 11.1. The van der Waals surface area contributed by atoms with E-state index in [1.807, 2.05) is 30.1 Å². The number of rotatable bonds is 4. The smallest absolute Gasteiger partial charge is 0.169 e. The lowest BCUT2D eigenvalue weighted by atomic mass is 10.1. The van der Waals surface area contributed by atoms with Crippen LogP contribution in [0.15, 0.2) is 24.3 Å². The summed E-state index contributed by atoms with van der Waals surface area (Å²) >= 11 is 5.33. The molecule has 2 rings (SSSR count). The van der Waals surface area contributed by atoms with Crippen molar-refractivity contribution >= 4 is 17.3 Å². The van der Waals surface area contributed by atoms with Gasteiger partial charge >= 0.3 is 0 Å². The molecule has 1 saturated heterocycles. The third kappa shape index (κ3) is 3.81. The summed E-state index contributed by atoms with van der Waals surface area (Å²) in [6.07, 6.45) is 2.42. The van der Waals surface area contributed by atoms with E-state index in [1.54, 1.807) is 6.07 Å². The van der Waals surface area contributed by atoms with Crippen LogP contribution in [0.4, 0.5) is 0 Å². The van der Waals surface area contributed by atoms with Crippen molar-refractivity contribution in [3.05, 3.63) is 29.8 Å². The third-order valence-electron chi connectivity index (χ3n) is 3.30. The van der Waals surface area contributed by atoms with Crippen LogP contribution in [0, 0.1) is 0 Å². The quantitative estimate of drug-likeness (QED) is 0.825. The summed E-state index contributed by atoms with van der Waals surface area (Å²) in [7, 11) is 1.82. The Kier molecular flexibility index (Phi) is 4.99. The Morgan fingerprint density at radius 2 is 2.32 bits per heavy atom. The first-order valence-corrected chi connectivity index (χ1v) is 6.96. The molecule has 0 bridgehead atoms. The van der Waals surface area contributed by atoms with Crippen molar-refractivity contribution in [2.75, 3.05) is 20.2 Å². The van der Waals surface area contributed by atoms with Crippen LogP contribution >= 0.6 is 12.2 Å². The summed E-state index contributed by atoms with van der Waals surface area (Å²) < 4.78 is 5.65. The SMILES string of the molecule is CNC(=S)N(Cc1ccccc1O)C[C@H]1CCCO1. The molecule has 104 valence electrons. The second-order valence-corrected chi connectivity index (χ2v) is 5.09. The molecule has 0 aromatic heterocycles. The second kappa shape index (κ2) is 6.73. The van der Waals surface area contributed by atoms with Crippen LogP contribution in [-0.4, -0.2) is 41.4 Å². The normalized spacial score (nSPS) is 18.3. The highest BCUT2D eigenvalue weighted by Gasteiger charge is 2.21. The van der Waals surface area contributed by atoms with E-state index >= 15 is 0 Å². The van der Waals surface area contributed by atoms with Gasteiger partial charge in [0, 0.05) is 32.3 Å². The summed E-state index contributed by atoms with van der Waals surface area (Å²) in [4.78, 5) is 2.04. The molecular formula is C14H20N2O2S. The zero-order valence-corrected chi connectivity index (χ0v) is 11.9. The number of aromatic hydroxyl groups is 1. The van der Waals surface area contributed by atoms with E-state index in [4.69, 9.17) is 17.0 Å². The lowest BCUT2D eigenvalue weighted by molar-refractivity contribution is 0.0897. The highest BCUT2D eigenvalue weighted by Crippen LogP contribution is 2.20. The molecule has 0 unspecified atom stereocenters. The number of hydrogen-bond donors (Lipinski definition) is 2.